The molecule has 0 aliphatic carbocycles. The number of likely N-dealkylation sites (N-methyl/N-ethyl adjacent to an activating group) is 1. The van der Waals surface area contributed by atoms with Crippen LogP contribution in [0.3, 0.4) is 0 Å². The van der Waals surface area contributed by atoms with Gasteiger partial charge in [0.25, 0.3) is 0 Å². The lowest BCUT2D eigenvalue weighted by molar-refractivity contribution is -0.139. The van der Waals surface area contributed by atoms with Crippen LogP contribution >= 0.6 is 11.6 Å². The summed E-state index contributed by atoms with van der Waals surface area (Å²) in [7, 11) is -3.82. The summed E-state index contributed by atoms with van der Waals surface area (Å²) in [4.78, 5) is 9.34. The number of alkyl halides is 3. The molecule has 1 N–H and O–H groups in total. The van der Waals surface area contributed by atoms with Gasteiger partial charge in [0.1, 0.15) is 11.4 Å². The topological polar surface area (TPSA) is 74.7 Å². The van der Waals surface area contributed by atoms with Gasteiger partial charge in [0.2, 0.25) is 10.0 Å². The molecule has 112 valence electrons. The third-order valence-electron chi connectivity index (χ3n) is 2.30. The van der Waals surface area contributed by atoms with E-state index in [-0.39, 0.29) is 4.31 Å². The molecule has 0 aliphatic rings. The van der Waals surface area contributed by atoms with Crippen molar-refractivity contribution in [3.63, 3.8) is 0 Å². The molecule has 0 fully saturated rings. The van der Waals surface area contributed by atoms with Crippen molar-refractivity contribution < 1.29 is 31.5 Å². The quantitative estimate of drug-likeness (QED) is 0.916. The van der Waals surface area contributed by atoms with Crippen LogP contribution in [0, 0.1) is 0 Å². The number of hydrogen-bond acceptors (Lipinski definition) is 3. The molecule has 0 aromatic heterocycles. The predicted octanol–water partition coefficient (Wildman–Crippen LogP) is 2.06. The molecular formula is C10H9ClF3NO4S. The van der Waals surface area contributed by atoms with Crippen molar-refractivity contribution in [1.82, 2.24) is 4.31 Å². The van der Waals surface area contributed by atoms with Crippen molar-refractivity contribution in [3.05, 3.63) is 28.8 Å². The lowest BCUT2D eigenvalue weighted by Crippen LogP contribution is -2.33. The molecule has 20 heavy (non-hydrogen) atoms. The van der Waals surface area contributed by atoms with E-state index in [0.717, 1.165) is 19.2 Å². The zero-order valence-corrected chi connectivity index (χ0v) is 11.6. The maximum Gasteiger partial charge on any atom is 0.417 e. The Morgan fingerprint density at radius 3 is 2.40 bits per heavy atom. The molecule has 0 bridgehead atoms. The molecule has 0 aliphatic heterocycles. The molecular weight excluding hydrogens is 323 g/mol. The lowest BCUT2D eigenvalue weighted by Gasteiger charge is -2.19. The number of sulfonamides is 1. The maximum absolute atomic E-state index is 12.8. The zero-order chi connectivity index (χ0) is 15.7. The summed E-state index contributed by atoms with van der Waals surface area (Å²) in [6.45, 7) is -0.981. The zero-order valence-electron chi connectivity index (χ0n) is 9.98. The Balaban J connectivity index is 3.50. The third kappa shape index (κ3) is 3.41. The van der Waals surface area contributed by atoms with E-state index < -0.39 is 44.2 Å². The Bertz CT molecular complexity index is 630. The van der Waals surface area contributed by atoms with E-state index in [1.54, 1.807) is 0 Å². The Morgan fingerprint density at radius 2 is 1.95 bits per heavy atom. The number of halogens is 4. The Morgan fingerprint density at radius 1 is 1.40 bits per heavy atom. The van der Waals surface area contributed by atoms with E-state index >= 15 is 0 Å². The number of benzene rings is 1. The minimum Gasteiger partial charge on any atom is -0.480 e. The van der Waals surface area contributed by atoms with Crippen LogP contribution in [-0.4, -0.2) is 37.4 Å². The van der Waals surface area contributed by atoms with E-state index in [0.29, 0.717) is 6.07 Å². The van der Waals surface area contributed by atoms with Gasteiger partial charge in [0, 0.05) is 7.05 Å². The summed E-state index contributed by atoms with van der Waals surface area (Å²) in [5.74, 6) is -1.50. The second-order valence-corrected chi connectivity index (χ2v) is 6.16. The highest BCUT2D eigenvalue weighted by Crippen LogP contribution is 2.38. The molecule has 0 spiro atoms. The molecule has 10 heteroatoms. The number of rotatable bonds is 4. The minimum absolute atomic E-state index is 0.284. The van der Waals surface area contributed by atoms with Gasteiger partial charge in [0.05, 0.1) is 10.6 Å². The summed E-state index contributed by atoms with van der Waals surface area (Å²) in [5.41, 5.74) is -1.44. The van der Waals surface area contributed by atoms with Crippen molar-refractivity contribution in [2.45, 2.75) is 11.1 Å². The smallest absolute Gasteiger partial charge is 0.417 e. The average molecular weight is 332 g/mol. The fraction of sp³-hybridized carbons (Fsp3) is 0.300. The van der Waals surface area contributed by atoms with Crippen LogP contribution in [0.1, 0.15) is 5.56 Å². The van der Waals surface area contributed by atoms with Crippen LogP contribution in [0.4, 0.5) is 13.2 Å². The van der Waals surface area contributed by atoms with Gasteiger partial charge in [-0.05, 0) is 12.1 Å². The maximum atomic E-state index is 12.8. The highest BCUT2D eigenvalue weighted by atomic mass is 35.5. The molecule has 0 saturated carbocycles. The van der Waals surface area contributed by atoms with Crippen molar-refractivity contribution in [1.29, 1.82) is 0 Å². The molecule has 0 heterocycles. The first kappa shape index (κ1) is 16.7. The summed E-state index contributed by atoms with van der Waals surface area (Å²) in [6, 6.07) is 2.51. The van der Waals surface area contributed by atoms with Crippen LogP contribution < -0.4 is 0 Å². The van der Waals surface area contributed by atoms with Crippen LogP contribution in [0.2, 0.25) is 5.02 Å². The largest absolute Gasteiger partial charge is 0.480 e. The average Bonchev–Trinajstić information content (AvgIpc) is 2.26. The van der Waals surface area contributed by atoms with E-state index in [1.165, 1.54) is 0 Å². The molecule has 0 saturated heterocycles. The van der Waals surface area contributed by atoms with Gasteiger partial charge in [0.15, 0.2) is 0 Å². The second kappa shape index (κ2) is 5.58. The third-order valence-corrected chi connectivity index (χ3v) is 4.63. The van der Waals surface area contributed by atoms with E-state index in [1.807, 2.05) is 0 Å². The molecule has 1 aromatic rings. The summed E-state index contributed by atoms with van der Waals surface area (Å²) in [5, 5.41) is 7.90. The molecule has 1 rings (SSSR count). The first-order chi connectivity index (χ1) is 8.98. The van der Waals surface area contributed by atoms with Gasteiger partial charge in [-0.25, -0.2) is 8.42 Å². The fourth-order valence-corrected chi connectivity index (χ4v) is 3.26. The van der Waals surface area contributed by atoms with Crippen LogP contribution in [0.5, 0.6) is 0 Å². The predicted molar refractivity (Wildman–Crippen MR) is 63.9 cm³/mol. The standard InChI is InChI=1S/C10H9ClF3NO4S/c1-15(5-8(16)17)20(18,19)9-6(10(12,13)14)3-2-4-7(9)11/h2-4H,5H2,1H3,(H,16,17). The number of carboxylic acid groups (broad SMARTS) is 1. The van der Waals surface area contributed by atoms with E-state index in [4.69, 9.17) is 16.7 Å². The highest BCUT2D eigenvalue weighted by molar-refractivity contribution is 7.89. The first-order valence-corrected chi connectivity index (χ1v) is 6.83. The molecule has 0 atom stereocenters. The Kier molecular flexibility index (Phi) is 4.67. The monoisotopic (exact) mass is 331 g/mol. The number of carbonyl (C=O) groups is 1. The van der Waals surface area contributed by atoms with Crippen LogP contribution in [0.15, 0.2) is 23.1 Å². The van der Waals surface area contributed by atoms with E-state index in [9.17, 15) is 26.4 Å². The number of aliphatic carboxylic acids is 1. The normalized spacial score (nSPS) is 12.7. The van der Waals surface area contributed by atoms with Gasteiger partial charge in [-0.15, -0.1) is 0 Å². The SMILES string of the molecule is CN(CC(=O)O)S(=O)(=O)c1c(Cl)cccc1C(F)(F)F. The molecule has 0 amide bonds. The van der Waals surface area contributed by atoms with Crippen molar-refractivity contribution in [2.75, 3.05) is 13.6 Å². The summed E-state index contributed by atoms with van der Waals surface area (Å²) < 4.78 is 62.8. The fourth-order valence-electron chi connectivity index (χ4n) is 1.43. The second-order valence-electron chi connectivity index (χ2n) is 3.77. The Hall–Kier alpha value is -1.32. The molecule has 5 nitrogen and oxygen atoms in total. The summed E-state index contributed by atoms with van der Waals surface area (Å²) in [6.07, 6.45) is -4.93. The van der Waals surface area contributed by atoms with Gasteiger partial charge >= 0.3 is 12.1 Å². The van der Waals surface area contributed by atoms with Crippen molar-refractivity contribution in [2.24, 2.45) is 0 Å². The first-order valence-electron chi connectivity index (χ1n) is 5.01. The van der Waals surface area contributed by atoms with Gasteiger partial charge in [-0.2, -0.15) is 17.5 Å². The van der Waals surface area contributed by atoms with Gasteiger partial charge in [-0.1, -0.05) is 17.7 Å². The number of nitrogens with zero attached hydrogens (tertiary/aromatic N) is 1. The lowest BCUT2D eigenvalue weighted by atomic mass is 10.2. The van der Waals surface area contributed by atoms with Crippen LogP contribution in [0.25, 0.3) is 0 Å². The van der Waals surface area contributed by atoms with Crippen LogP contribution in [-0.2, 0) is 21.0 Å². The van der Waals surface area contributed by atoms with Gasteiger partial charge < -0.3 is 5.11 Å². The Labute approximate surface area is 117 Å². The minimum atomic E-state index is -4.93. The summed E-state index contributed by atoms with van der Waals surface area (Å²) >= 11 is 5.55. The highest BCUT2D eigenvalue weighted by Gasteiger charge is 2.40. The number of hydrogen-bond donors (Lipinski definition) is 1. The van der Waals surface area contributed by atoms with Gasteiger partial charge in [-0.3, -0.25) is 4.79 Å². The van der Waals surface area contributed by atoms with Crippen molar-refractivity contribution >= 4 is 27.6 Å². The molecule has 0 unspecified atom stereocenters. The van der Waals surface area contributed by atoms with E-state index in [2.05, 4.69) is 0 Å². The van der Waals surface area contributed by atoms with Crippen molar-refractivity contribution in [3.8, 4) is 0 Å². The molecule has 1 aromatic carbocycles. The molecule has 0 radical (unpaired) electrons. The number of carboxylic acids is 1.